The quantitative estimate of drug-likeness (QED) is 0.562. The molecule has 1 aliphatic heterocycles. The van der Waals surface area contributed by atoms with E-state index in [0.717, 1.165) is 10.0 Å². The fourth-order valence-corrected chi connectivity index (χ4v) is 4.65. The van der Waals surface area contributed by atoms with Crippen LogP contribution in [0.1, 0.15) is 32.8 Å². The molecule has 2 atom stereocenters. The van der Waals surface area contributed by atoms with Crippen molar-refractivity contribution in [1.29, 1.82) is 0 Å². The van der Waals surface area contributed by atoms with E-state index in [0.29, 0.717) is 19.4 Å². The number of halogens is 1. The van der Waals surface area contributed by atoms with Crippen molar-refractivity contribution >= 4 is 30.2 Å². The molecule has 1 aromatic carbocycles. The molecule has 140 valence electrons. The summed E-state index contributed by atoms with van der Waals surface area (Å²) in [6.45, 7) is 11.9. The molecule has 0 spiro atoms. The maximum absolute atomic E-state index is 12.6. The van der Waals surface area contributed by atoms with Crippen molar-refractivity contribution in [3.05, 3.63) is 34.3 Å². The molecule has 25 heavy (non-hydrogen) atoms. The Morgan fingerprint density at radius 3 is 2.44 bits per heavy atom. The van der Waals surface area contributed by atoms with Crippen LogP contribution in [0, 0.1) is 0 Å². The predicted molar refractivity (Wildman–Crippen MR) is 107 cm³/mol. The number of carbonyl (C=O) groups excluding carboxylic acids is 1. The van der Waals surface area contributed by atoms with E-state index in [4.69, 9.17) is 9.16 Å². The standard InChI is InChI=1S/C19H30BrNO3Si/c1-18(2,3)25(5,6)24-16-12-19(21-13-16,17(22)23-4)11-14-7-9-15(20)10-8-14/h7-10,16,21H,11-13H2,1-6H3/t16-,19+/m1/s1. The van der Waals surface area contributed by atoms with Crippen LogP contribution in [-0.2, 0) is 20.4 Å². The highest BCUT2D eigenvalue weighted by Crippen LogP contribution is 2.39. The Morgan fingerprint density at radius 1 is 1.32 bits per heavy atom. The third-order valence-corrected chi connectivity index (χ3v) is 10.6. The lowest BCUT2D eigenvalue weighted by molar-refractivity contribution is -0.148. The van der Waals surface area contributed by atoms with Crippen LogP contribution >= 0.6 is 15.9 Å². The van der Waals surface area contributed by atoms with Gasteiger partial charge in [0.25, 0.3) is 0 Å². The maximum atomic E-state index is 12.6. The van der Waals surface area contributed by atoms with Crippen molar-refractivity contribution in [1.82, 2.24) is 5.32 Å². The summed E-state index contributed by atoms with van der Waals surface area (Å²) in [6, 6.07) is 8.08. The van der Waals surface area contributed by atoms with E-state index in [-0.39, 0.29) is 17.1 Å². The van der Waals surface area contributed by atoms with Gasteiger partial charge in [-0.15, -0.1) is 0 Å². The minimum atomic E-state index is -1.88. The lowest BCUT2D eigenvalue weighted by Gasteiger charge is -2.38. The van der Waals surface area contributed by atoms with Crippen LogP contribution in [0.2, 0.25) is 18.1 Å². The second-order valence-corrected chi connectivity index (χ2v) is 14.1. The van der Waals surface area contributed by atoms with Gasteiger partial charge in [0.1, 0.15) is 5.54 Å². The second-order valence-electron chi connectivity index (χ2n) is 8.46. The molecular formula is C19H30BrNO3Si. The highest BCUT2D eigenvalue weighted by Gasteiger charge is 2.49. The van der Waals surface area contributed by atoms with Gasteiger partial charge in [-0.2, -0.15) is 0 Å². The molecule has 1 N–H and O–H groups in total. The number of nitrogens with one attached hydrogen (secondary N) is 1. The minimum absolute atomic E-state index is 0.0374. The largest absolute Gasteiger partial charge is 0.468 e. The van der Waals surface area contributed by atoms with Crippen molar-refractivity contribution in [2.24, 2.45) is 0 Å². The number of hydrogen-bond donors (Lipinski definition) is 1. The van der Waals surface area contributed by atoms with Gasteiger partial charge in [0.15, 0.2) is 8.32 Å². The van der Waals surface area contributed by atoms with Crippen LogP contribution in [0.15, 0.2) is 28.7 Å². The molecule has 1 heterocycles. The summed E-state index contributed by atoms with van der Waals surface area (Å²) in [7, 11) is -0.421. The Hall–Kier alpha value is -0.693. The minimum Gasteiger partial charge on any atom is -0.468 e. The monoisotopic (exact) mass is 427 g/mol. The van der Waals surface area contributed by atoms with Crippen LogP contribution in [0.4, 0.5) is 0 Å². The van der Waals surface area contributed by atoms with E-state index in [1.165, 1.54) is 7.11 Å². The van der Waals surface area contributed by atoms with Crippen molar-refractivity contribution < 1.29 is 14.0 Å². The first kappa shape index (κ1) is 20.6. The smallest absolute Gasteiger partial charge is 0.326 e. The predicted octanol–water partition coefficient (Wildman–Crippen LogP) is 4.29. The topological polar surface area (TPSA) is 47.6 Å². The van der Waals surface area contributed by atoms with Crippen LogP contribution in [-0.4, -0.2) is 39.6 Å². The summed E-state index contributed by atoms with van der Waals surface area (Å²) in [5.41, 5.74) is 0.393. The maximum Gasteiger partial charge on any atom is 0.326 e. The lowest BCUT2D eigenvalue weighted by atomic mass is 9.89. The molecule has 0 aliphatic carbocycles. The zero-order valence-electron chi connectivity index (χ0n) is 16.1. The van der Waals surface area contributed by atoms with Gasteiger partial charge in [-0.1, -0.05) is 48.8 Å². The van der Waals surface area contributed by atoms with Gasteiger partial charge in [-0.25, -0.2) is 0 Å². The van der Waals surface area contributed by atoms with E-state index in [2.05, 4.69) is 55.1 Å². The van der Waals surface area contributed by atoms with Crippen LogP contribution in [0.3, 0.4) is 0 Å². The first-order chi connectivity index (χ1) is 11.5. The molecule has 0 amide bonds. The van der Waals surface area contributed by atoms with Crippen LogP contribution < -0.4 is 5.32 Å². The Balaban J connectivity index is 2.17. The van der Waals surface area contributed by atoms with Crippen LogP contribution in [0.25, 0.3) is 0 Å². The summed E-state index contributed by atoms with van der Waals surface area (Å²) in [6.07, 6.45) is 1.28. The van der Waals surface area contributed by atoms with Crippen LogP contribution in [0.5, 0.6) is 0 Å². The first-order valence-electron chi connectivity index (χ1n) is 8.75. The highest BCUT2D eigenvalue weighted by molar-refractivity contribution is 9.10. The van der Waals surface area contributed by atoms with Gasteiger partial charge >= 0.3 is 5.97 Å². The van der Waals surface area contributed by atoms with Gasteiger partial charge in [-0.05, 0) is 35.8 Å². The number of benzene rings is 1. The Morgan fingerprint density at radius 2 is 1.92 bits per heavy atom. The van der Waals surface area contributed by atoms with E-state index in [1.807, 2.05) is 24.3 Å². The zero-order valence-corrected chi connectivity index (χ0v) is 18.7. The molecule has 4 nitrogen and oxygen atoms in total. The molecule has 0 unspecified atom stereocenters. The van der Waals surface area contributed by atoms with E-state index >= 15 is 0 Å². The number of rotatable bonds is 5. The van der Waals surface area contributed by atoms with Gasteiger partial charge in [-0.3, -0.25) is 10.1 Å². The Labute approximate surface area is 160 Å². The van der Waals surface area contributed by atoms with Gasteiger partial charge < -0.3 is 9.16 Å². The molecule has 1 aromatic rings. The summed E-state index contributed by atoms with van der Waals surface area (Å²) in [5, 5.41) is 3.57. The molecule has 1 saturated heterocycles. The lowest BCUT2D eigenvalue weighted by Crippen LogP contribution is -2.50. The molecule has 0 radical (unpaired) electrons. The molecule has 6 heteroatoms. The fourth-order valence-electron chi connectivity index (χ4n) is 3.03. The Kier molecular flexibility index (Phi) is 6.19. The molecule has 1 aliphatic rings. The van der Waals surface area contributed by atoms with Crippen molar-refractivity contribution in [2.75, 3.05) is 13.7 Å². The number of methoxy groups -OCH3 is 1. The fraction of sp³-hybridized carbons (Fsp3) is 0.632. The second kappa shape index (κ2) is 7.51. The SMILES string of the molecule is COC(=O)[C@]1(Cc2ccc(Br)cc2)C[C@@H](O[Si](C)(C)C(C)(C)C)CN1. The average molecular weight is 428 g/mol. The number of carbonyl (C=O) groups is 1. The summed E-state index contributed by atoms with van der Waals surface area (Å²) < 4.78 is 12.7. The highest BCUT2D eigenvalue weighted by atomic mass is 79.9. The third-order valence-electron chi connectivity index (χ3n) is 5.51. The van der Waals surface area contributed by atoms with Gasteiger partial charge in [0.05, 0.1) is 13.2 Å². The number of esters is 1. The number of hydrogen-bond acceptors (Lipinski definition) is 4. The first-order valence-corrected chi connectivity index (χ1v) is 12.4. The van der Waals surface area contributed by atoms with Crippen molar-refractivity contribution in [2.45, 2.75) is 63.4 Å². The van der Waals surface area contributed by atoms with E-state index in [1.54, 1.807) is 0 Å². The number of ether oxygens (including phenoxy) is 1. The molecule has 0 aromatic heterocycles. The molecule has 1 fully saturated rings. The summed E-state index contributed by atoms with van der Waals surface area (Å²) in [5.74, 6) is -0.211. The average Bonchev–Trinajstić information content (AvgIpc) is 2.91. The van der Waals surface area contributed by atoms with Crippen molar-refractivity contribution in [3.63, 3.8) is 0 Å². The third kappa shape index (κ3) is 4.73. The zero-order chi connectivity index (χ0) is 18.9. The molecule has 0 bridgehead atoms. The van der Waals surface area contributed by atoms with E-state index < -0.39 is 13.9 Å². The van der Waals surface area contributed by atoms with Gasteiger partial charge in [0.2, 0.25) is 0 Å². The summed E-state index contributed by atoms with van der Waals surface area (Å²) in [4.78, 5) is 12.6. The van der Waals surface area contributed by atoms with Crippen molar-refractivity contribution in [3.8, 4) is 0 Å². The molecule has 2 rings (SSSR count). The Bertz CT molecular complexity index is 612. The molecule has 0 saturated carbocycles. The van der Waals surface area contributed by atoms with Gasteiger partial charge in [0, 0.05) is 23.9 Å². The summed E-state index contributed by atoms with van der Waals surface area (Å²) >= 11 is 3.45. The van der Waals surface area contributed by atoms with E-state index in [9.17, 15) is 4.79 Å². The molecular weight excluding hydrogens is 398 g/mol. The normalized spacial score (nSPS) is 24.4.